The maximum atomic E-state index is 13.7. The molecule has 1 saturated heterocycles. The Morgan fingerprint density at radius 2 is 2.15 bits per heavy atom. The fourth-order valence-electron chi connectivity index (χ4n) is 2.57. The summed E-state index contributed by atoms with van der Waals surface area (Å²) in [5.41, 5.74) is 1.10. The summed E-state index contributed by atoms with van der Waals surface area (Å²) in [5, 5.41) is 20.0. The number of rotatable bonds is 5. The molecule has 0 aliphatic carbocycles. The molecule has 1 aliphatic rings. The van der Waals surface area contributed by atoms with Gasteiger partial charge in [-0.05, 0) is 0 Å². The van der Waals surface area contributed by atoms with Crippen molar-refractivity contribution in [2.24, 2.45) is 0 Å². The van der Waals surface area contributed by atoms with Gasteiger partial charge in [0.15, 0.2) is 5.69 Å². The Bertz CT molecular complexity index is 905. The zero-order valence-electron chi connectivity index (χ0n) is 13.6. The van der Waals surface area contributed by atoms with E-state index < -0.39 is 18.1 Å². The molecule has 1 fully saturated rings. The van der Waals surface area contributed by atoms with Crippen LogP contribution < -0.4 is 5.32 Å². The monoisotopic (exact) mass is 376 g/mol. The summed E-state index contributed by atoms with van der Waals surface area (Å²) in [5.74, 6) is -0.401. The van der Waals surface area contributed by atoms with Crippen molar-refractivity contribution >= 4 is 17.2 Å². The summed E-state index contributed by atoms with van der Waals surface area (Å²) in [7, 11) is 0. The van der Waals surface area contributed by atoms with E-state index in [0.29, 0.717) is 5.01 Å². The van der Waals surface area contributed by atoms with E-state index in [0.717, 1.165) is 10.6 Å². The van der Waals surface area contributed by atoms with Gasteiger partial charge in [-0.3, -0.25) is 4.79 Å². The number of hydrogen-bond acceptors (Lipinski definition) is 7. The molecule has 3 aromatic rings. The second kappa shape index (κ2) is 7.26. The first-order valence-electron chi connectivity index (χ1n) is 8.00. The normalized spacial score (nSPS) is 19.6. The van der Waals surface area contributed by atoms with Gasteiger partial charge in [0.05, 0.1) is 26.0 Å². The van der Waals surface area contributed by atoms with E-state index in [1.54, 1.807) is 0 Å². The summed E-state index contributed by atoms with van der Waals surface area (Å²) < 4.78 is 20.1. The molecule has 0 radical (unpaired) electrons. The van der Waals surface area contributed by atoms with Crippen molar-refractivity contribution in [1.82, 2.24) is 30.5 Å². The second-order valence-corrected chi connectivity index (χ2v) is 6.82. The SMILES string of the molecule is O=C(NCc1nnc(-c2ccccc2)s1)c1cn([C@@H]2COC[C@@H]2F)nn1.[HH]. The number of ether oxygens (including phenoxy) is 1. The summed E-state index contributed by atoms with van der Waals surface area (Å²) in [4.78, 5) is 12.2. The van der Waals surface area contributed by atoms with Crippen molar-refractivity contribution in [1.29, 1.82) is 0 Å². The van der Waals surface area contributed by atoms with Crippen LogP contribution in [0.25, 0.3) is 10.6 Å². The highest BCUT2D eigenvalue weighted by atomic mass is 32.1. The largest absolute Gasteiger partial charge is 0.376 e. The molecule has 0 saturated carbocycles. The Morgan fingerprint density at radius 3 is 2.92 bits per heavy atom. The Kier molecular flexibility index (Phi) is 4.67. The van der Waals surface area contributed by atoms with E-state index in [2.05, 4.69) is 25.8 Å². The molecule has 1 aromatic carbocycles. The molecule has 1 aliphatic heterocycles. The van der Waals surface area contributed by atoms with Crippen LogP contribution in [0.4, 0.5) is 4.39 Å². The molecule has 136 valence electrons. The first-order valence-corrected chi connectivity index (χ1v) is 8.82. The van der Waals surface area contributed by atoms with Crippen molar-refractivity contribution < 1.29 is 15.3 Å². The Hall–Kier alpha value is -2.72. The van der Waals surface area contributed by atoms with Gasteiger partial charge in [0.25, 0.3) is 5.91 Å². The number of nitrogens with one attached hydrogen (secondary N) is 1. The number of amides is 1. The number of carbonyl (C=O) groups is 1. The van der Waals surface area contributed by atoms with Crippen LogP contribution in [0.5, 0.6) is 0 Å². The highest BCUT2D eigenvalue weighted by Gasteiger charge is 2.31. The van der Waals surface area contributed by atoms with E-state index in [1.807, 2.05) is 30.3 Å². The van der Waals surface area contributed by atoms with Gasteiger partial charge in [0, 0.05) is 6.99 Å². The summed E-state index contributed by atoms with van der Waals surface area (Å²) in [6.07, 6.45) is 0.280. The van der Waals surface area contributed by atoms with E-state index in [9.17, 15) is 9.18 Å². The lowest BCUT2D eigenvalue weighted by atomic mass is 10.2. The van der Waals surface area contributed by atoms with Gasteiger partial charge in [-0.1, -0.05) is 46.9 Å². The standard InChI is InChI=1S/C16H15FN6O2S.H2/c17-11-8-25-9-13(11)23-7-12(19-22-23)15(24)18-6-14-20-21-16(26-14)10-4-2-1-3-5-10;/h1-5,7,11,13H,6,8-9H2,(H,18,24);1H/t11-,13+;/m0./s1. The first-order chi connectivity index (χ1) is 12.7. The third kappa shape index (κ3) is 3.46. The maximum Gasteiger partial charge on any atom is 0.273 e. The van der Waals surface area contributed by atoms with E-state index in [1.165, 1.54) is 22.2 Å². The predicted molar refractivity (Wildman–Crippen MR) is 93.4 cm³/mol. The molecule has 2 atom stereocenters. The van der Waals surface area contributed by atoms with Crippen molar-refractivity contribution in [2.75, 3.05) is 13.2 Å². The number of alkyl halides is 1. The van der Waals surface area contributed by atoms with Gasteiger partial charge >= 0.3 is 0 Å². The molecule has 1 amide bonds. The summed E-state index contributed by atoms with van der Waals surface area (Å²) in [6, 6.07) is 9.15. The highest BCUT2D eigenvalue weighted by Crippen LogP contribution is 2.23. The van der Waals surface area contributed by atoms with Crippen LogP contribution in [0, 0.1) is 0 Å². The van der Waals surface area contributed by atoms with Crippen molar-refractivity contribution in [3.05, 3.63) is 47.2 Å². The van der Waals surface area contributed by atoms with Gasteiger partial charge in [-0.2, -0.15) is 0 Å². The lowest BCUT2D eigenvalue weighted by molar-refractivity contribution is 0.0945. The fraction of sp³-hybridized carbons (Fsp3) is 0.312. The van der Waals surface area contributed by atoms with Crippen LogP contribution in [0.3, 0.4) is 0 Å². The maximum absolute atomic E-state index is 13.7. The minimum absolute atomic E-state index is 0. The Balaban J connectivity index is 0.00000210. The lowest BCUT2D eigenvalue weighted by Crippen LogP contribution is -2.23. The molecule has 26 heavy (non-hydrogen) atoms. The van der Waals surface area contributed by atoms with Crippen LogP contribution in [0.2, 0.25) is 0 Å². The van der Waals surface area contributed by atoms with E-state index in [4.69, 9.17) is 4.74 Å². The highest BCUT2D eigenvalue weighted by molar-refractivity contribution is 7.14. The molecule has 0 unspecified atom stereocenters. The van der Waals surface area contributed by atoms with Crippen LogP contribution in [-0.2, 0) is 11.3 Å². The van der Waals surface area contributed by atoms with Crippen LogP contribution in [0.1, 0.15) is 23.0 Å². The lowest BCUT2D eigenvalue weighted by Gasteiger charge is -2.08. The average molecular weight is 376 g/mol. The summed E-state index contributed by atoms with van der Waals surface area (Å²) >= 11 is 1.40. The van der Waals surface area contributed by atoms with Crippen LogP contribution in [0.15, 0.2) is 36.5 Å². The molecule has 8 nitrogen and oxygen atoms in total. The number of hydrogen-bond donors (Lipinski definition) is 1. The summed E-state index contributed by atoms with van der Waals surface area (Å²) in [6.45, 7) is 0.486. The van der Waals surface area contributed by atoms with Gasteiger partial charge in [-0.15, -0.1) is 15.3 Å². The molecular formula is C16H17FN6O2S. The van der Waals surface area contributed by atoms with Crippen LogP contribution in [-0.4, -0.2) is 50.5 Å². The minimum Gasteiger partial charge on any atom is -0.376 e. The number of carbonyl (C=O) groups excluding carboxylic acids is 1. The number of benzene rings is 1. The fourth-order valence-corrected chi connectivity index (χ4v) is 3.36. The van der Waals surface area contributed by atoms with Crippen molar-refractivity contribution in [3.8, 4) is 10.6 Å². The van der Waals surface area contributed by atoms with Crippen molar-refractivity contribution in [2.45, 2.75) is 18.8 Å². The Labute approximate surface area is 153 Å². The van der Waals surface area contributed by atoms with Gasteiger partial charge in [-0.25, -0.2) is 9.07 Å². The third-order valence-corrected chi connectivity index (χ3v) is 4.93. The molecule has 0 spiro atoms. The minimum atomic E-state index is -1.15. The Morgan fingerprint density at radius 1 is 1.31 bits per heavy atom. The van der Waals surface area contributed by atoms with Gasteiger partial charge in [0.1, 0.15) is 22.2 Å². The van der Waals surface area contributed by atoms with Crippen LogP contribution >= 0.6 is 11.3 Å². The molecular weight excluding hydrogens is 359 g/mol. The topological polar surface area (TPSA) is 94.8 Å². The van der Waals surface area contributed by atoms with Gasteiger partial charge in [0.2, 0.25) is 0 Å². The number of halogens is 1. The number of nitrogens with zero attached hydrogens (tertiary/aromatic N) is 5. The third-order valence-electron chi connectivity index (χ3n) is 3.95. The molecule has 10 heteroatoms. The van der Waals surface area contributed by atoms with E-state index in [-0.39, 0.29) is 26.9 Å². The number of aromatic nitrogens is 5. The average Bonchev–Trinajstić information content (AvgIpc) is 3.41. The van der Waals surface area contributed by atoms with Gasteiger partial charge < -0.3 is 10.1 Å². The molecule has 2 aromatic heterocycles. The molecule has 0 bridgehead atoms. The quantitative estimate of drug-likeness (QED) is 0.731. The van der Waals surface area contributed by atoms with E-state index >= 15 is 0 Å². The zero-order valence-corrected chi connectivity index (χ0v) is 14.4. The second-order valence-electron chi connectivity index (χ2n) is 5.75. The smallest absolute Gasteiger partial charge is 0.273 e. The van der Waals surface area contributed by atoms with Crippen molar-refractivity contribution in [3.63, 3.8) is 0 Å². The molecule has 4 rings (SSSR count). The predicted octanol–water partition coefficient (Wildman–Crippen LogP) is 1.88. The molecule has 3 heterocycles. The zero-order chi connectivity index (χ0) is 17.9. The molecule has 1 N–H and O–H groups in total. The first kappa shape index (κ1) is 16.7.